The lowest BCUT2D eigenvalue weighted by atomic mass is 9.99. The van der Waals surface area contributed by atoms with Crippen molar-refractivity contribution >= 4 is 0 Å². The number of para-hydroxylation sites is 1. The number of ether oxygens (including phenoxy) is 1. The van der Waals surface area contributed by atoms with E-state index in [0.717, 1.165) is 12.8 Å². The molecular weight excluding hydrogens is 281 g/mol. The molecule has 2 aliphatic rings. The molecule has 1 aromatic rings. The molecule has 0 radical (unpaired) electrons. The van der Waals surface area contributed by atoms with Crippen molar-refractivity contribution in [3.05, 3.63) is 29.8 Å². The van der Waals surface area contributed by atoms with Crippen molar-refractivity contribution < 1.29 is 17.9 Å². The maximum absolute atomic E-state index is 12.5. The Bertz CT molecular complexity index is 494. The average Bonchev–Trinajstić information content (AvgIpc) is 3.14. The number of rotatable bonds is 4. The summed E-state index contributed by atoms with van der Waals surface area (Å²) in [6.07, 6.45) is 0.0164. The Hall–Kier alpha value is -1.27. The van der Waals surface area contributed by atoms with E-state index < -0.39 is 6.36 Å². The molecule has 2 fully saturated rings. The van der Waals surface area contributed by atoms with Crippen LogP contribution in [0.25, 0.3) is 0 Å². The monoisotopic (exact) mass is 300 g/mol. The van der Waals surface area contributed by atoms with Gasteiger partial charge >= 0.3 is 6.36 Å². The zero-order valence-corrected chi connectivity index (χ0v) is 11.6. The highest BCUT2D eigenvalue weighted by atomic mass is 19.4. The highest BCUT2D eigenvalue weighted by molar-refractivity contribution is 5.37. The molecule has 3 nitrogen and oxygen atoms in total. The van der Waals surface area contributed by atoms with Gasteiger partial charge in [0, 0.05) is 5.56 Å². The van der Waals surface area contributed by atoms with E-state index >= 15 is 0 Å². The molecule has 0 spiro atoms. The molecule has 0 saturated heterocycles. The van der Waals surface area contributed by atoms with Gasteiger partial charge in [0.1, 0.15) is 5.75 Å². The summed E-state index contributed by atoms with van der Waals surface area (Å²) in [5.74, 6) is 6.97. The van der Waals surface area contributed by atoms with Gasteiger partial charge < -0.3 is 4.74 Å². The van der Waals surface area contributed by atoms with Crippen molar-refractivity contribution in [1.82, 2.24) is 5.43 Å². The van der Waals surface area contributed by atoms with Crippen LogP contribution in [0.5, 0.6) is 5.75 Å². The van der Waals surface area contributed by atoms with Crippen LogP contribution < -0.4 is 16.0 Å². The second kappa shape index (κ2) is 5.50. The summed E-state index contributed by atoms with van der Waals surface area (Å²) in [6.45, 7) is 0. The molecule has 6 heteroatoms. The van der Waals surface area contributed by atoms with Crippen molar-refractivity contribution in [3.63, 3.8) is 0 Å². The fourth-order valence-electron chi connectivity index (χ4n) is 3.91. The maximum atomic E-state index is 12.5. The second-order valence-corrected chi connectivity index (χ2v) is 5.92. The topological polar surface area (TPSA) is 47.3 Å². The van der Waals surface area contributed by atoms with E-state index in [4.69, 9.17) is 5.84 Å². The van der Waals surface area contributed by atoms with Crippen molar-refractivity contribution in [2.75, 3.05) is 0 Å². The minimum absolute atomic E-state index is 0.156. The Morgan fingerprint density at radius 3 is 2.33 bits per heavy atom. The molecule has 0 heterocycles. The van der Waals surface area contributed by atoms with Crippen LogP contribution in [0.4, 0.5) is 13.2 Å². The average molecular weight is 300 g/mol. The first-order chi connectivity index (χ1) is 10.0. The van der Waals surface area contributed by atoms with Gasteiger partial charge in [-0.1, -0.05) is 31.0 Å². The summed E-state index contributed by atoms with van der Waals surface area (Å²) in [5, 5.41) is 0. The van der Waals surface area contributed by atoms with Crippen molar-refractivity contribution in [2.24, 2.45) is 23.6 Å². The molecule has 21 heavy (non-hydrogen) atoms. The van der Waals surface area contributed by atoms with Crippen molar-refractivity contribution in [3.8, 4) is 5.75 Å². The second-order valence-electron chi connectivity index (χ2n) is 5.92. The molecule has 0 bridgehead atoms. The van der Waals surface area contributed by atoms with E-state index in [1.165, 1.54) is 25.0 Å². The molecular formula is C15H19F3N2O. The Labute approximate surface area is 121 Å². The van der Waals surface area contributed by atoms with Gasteiger partial charge in [-0.2, -0.15) is 0 Å². The molecule has 3 atom stereocenters. The van der Waals surface area contributed by atoms with Gasteiger partial charge in [-0.15, -0.1) is 13.2 Å². The van der Waals surface area contributed by atoms with Crippen molar-refractivity contribution in [1.29, 1.82) is 0 Å². The third-order valence-electron chi connectivity index (χ3n) is 4.77. The zero-order valence-electron chi connectivity index (χ0n) is 11.6. The molecule has 3 rings (SSSR count). The fourth-order valence-corrected chi connectivity index (χ4v) is 3.91. The highest BCUT2D eigenvalue weighted by Gasteiger charge is 2.54. The summed E-state index contributed by atoms with van der Waals surface area (Å²) in [5.41, 5.74) is 3.21. The van der Waals surface area contributed by atoms with E-state index in [1.54, 1.807) is 12.1 Å². The van der Waals surface area contributed by atoms with Gasteiger partial charge in [0.2, 0.25) is 0 Å². The molecule has 3 N–H and O–H groups in total. The van der Waals surface area contributed by atoms with Gasteiger partial charge in [0.05, 0.1) is 6.04 Å². The first-order valence-corrected chi connectivity index (χ1v) is 7.32. The number of fused-ring (bicyclic) bond motifs is 1. The summed E-state index contributed by atoms with van der Waals surface area (Å²) >= 11 is 0. The van der Waals surface area contributed by atoms with Crippen LogP contribution in [0.1, 0.15) is 37.3 Å². The van der Waals surface area contributed by atoms with Crippen LogP contribution >= 0.6 is 0 Å². The predicted molar refractivity (Wildman–Crippen MR) is 72.1 cm³/mol. The van der Waals surface area contributed by atoms with Crippen LogP contribution in [0, 0.1) is 17.8 Å². The smallest absolute Gasteiger partial charge is 0.405 e. The number of benzene rings is 1. The van der Waals surface area contributed by atoms with E-state index in [-0.39, 0.29) is 11.8 Å². The molecule has 2 aliphatic carbocycles. The van der Waals surface area contributed by atoms with Gasteiger partial charge in [-0.05, 0) is 36.7 Å². The molecule has 0 amide bonds. The van der Waals surface area contributed by atoms with E-state index in [2.05, 4.69) is 10.2 Å². The minimum Gasteiger partial charge on any atom is -0.405 e. The Kier molecular flexibility index (Phi) is 3.84. The number of hydrazine groups is 1. The number of hydrogen-bond acceptors (Lipinski definition) is 3. The normalized spacial score (nSPS) is 29.6. The lowest BCUT2D eigenvalue weighted by molar-refractivity contribution is -0.275. The van der Waals surface area contributed by atoms with E-state index in [9.17, 15) is 13.2 Å². The molecule has 0 aliphatic heterocycles. The third kappa shape index (κ3) is 3.01. The van der Waals surface area contributed by atoms with E-state index in [1.807, 2.05) is 0 Å². The quantitative estimate of drug-likeness (QED) is 0.660. The van der Waals surface area contributed by atoms with Gasteiger partial charge in [0.25, 0.3) is 0 Å². The SMILES string of the molecule is NNC(c1ccccc1OC(F)(F)F)C1C2CCCCC21. The van der Waals surface area contributed by atoms with Crippen LogP contribution in [-0.4, -0.2) is 6.36 Å². The highest BCUT2D eigenvalue weighted by Crippen LogP contribution is 2.60. The third-order valence-corrected chi connectivity index (χ3v) is 4.77. The maximum Gasteiger partial charge on any atom is 0.573 e. The number of alkyl halides is 3. The summed E-state index contributed by atoms with van der Waals surface area (Å²) in [6, 6.07) is 5.99. The van der Waals surface area contributed by atoms with Gasteiger partial charge in [0.15, 0.2) is 0 Å². The number of nitrogens with two attached hydrogens (primary N) is 1. The summed E-state index contributed by atoms with van der Waals surface area (Å²) in [7, 11) is 0. The van der Waals surface area contributed by atoms with Gasteiger partial charge in [-0.3, -0.25) is 11.3 Å². The first kappa shape index (κ1) is 14.7. The summed E-state index contributed by atoms with van der Waals surface area (Å²) < 4.78 is 41.7. The Morgan fingerprint density at radius 1 is 1.14 bits per heavy atom. The lowest BCUT2D eigenvalue weighted by Gasteiger charge is -2.21. The predicted octanol–water partition coefficient (Wildman–Crippen LogP) is 3.53. The van der Waals surface area contributed by atoms with Crippen LogP contribution in [0.3, 0.4) is 0 Å². The molecule has 116 valence electrons. The molecule has 3 unspecified atom stereocenters. The van der Waals surface area contributed by atoms with Gasteiger partial charge in [-0.25, -0.2) is 0 Å². The largest absolute Gasteiger partial charge is 0.573 e. The molecule has 1 aromatic carbocycles. The van der Waals surface area contributed by atoms with E-state index in [0.29, 0.717) is 23.3 Å². The molecule has 0 aromatic heterocycles. The lowest BCUT2D eigenvalue weighted by Crippen LogP contribution is -2.31. The standard InChI is InChI=1S/C15H19F3N2O/c16-15(17,18)21-12-8-4-3-7-11(12)14(20-19)13-9-5-1-2-6-10(9)13/h3-4,7-10,13-14,20H,1-2,5-6,19H2. The Morgan fingerprint density at radius 2 is 1.76 bits per heavy atom. The first-order valence-electron chi connectivity index (χ1n) is 7.32. The number of hydrogen-bond donors (Lipinski definition) is 2. The van der Waals surface area contributed by atoms with Crippen LogP contribution in [-0.2, 0) is 0 Å². The fraction of sp³-hybridized carbons (Fsp3) is 0.600. The Balaban J connectivity index is 1.84. The van der Waals surface area contributed by atoms with Crippen molar-refractivity contribution in [2.45, 2.75) is 38.1 Å². The minimum atomic E-state index is -4.69. The number of nitrogens with one attached hydrogen (secondary N) is 1. The number of halogens is 3. The molecule has 2 saturated carbocycles. The van der Waals surface area contributed by atoms with Crippen LogP contribution in [0.2, 0.25) is 0 Å². The van der Waals surface area contributed by atoms with Crippen LogP contribution in [0.15, 0.2) is 24.3 Å². The zero-order chi connectivity index (χ0) is 15.0. The summed E-state index contributed by atoms with van der Waals surface area (Å²) in [4.78, 5) is 0.